The van der Waals surface area contributed by atoms with E-state index in [2.05, 4.69) is 0 Å². The molecule has 8 nitrogen and oxygen atoms in total. The number of carbonyl (C=O) groups is 4. The van der Waals surface area contributed by atoms with E-state index in [1.807, 2.05) is 0 Å². The van der Waals surface area contributed by atoms with Gasteiger partial charge in [0, 0.05) is 11.5 Å². The number of halogens is 7. The summed E-state index contributed by atoms with van der Waals surface area (Å²) < 4.78 is 78.7. The summed E-state index contributed by atoms with van der Waals surface area (Å²) in [7, 11) is 1.22. The molecule has 2 aliphatic carbocycles. The van der Waals surface area contributed by atoms with Gasteiger partial charge >= 0.3 is 0 Å². The minimum Gasteiger partial charge on any atom is -0.508 e. The maximum Gasteiger partial charge on any atom is 0.258 e. The standard InChI is InChI=1S/C34H23Cl2F5N2O6/c1-49-19-9-5-8-18(44)21(19)22-15-10-11-16-20(30(46)42(29(16)45)13-14-6-3-2-4-7-14)17(15)12-33(35)31(47)43(32(48)34(22,33)36)28-26(40)24(38)23(37)25(39)27(28)41/h2-10,16-17,20,22,44H,11-13H2,1H3. The van der Waals surface area contributed by atoms with E-state index in [4.69, 9.17) is 27.9 Å². The summed E-state index contributed by atoms with van der Waals surface area (Å²) in [5.74, 6) is -22.2. The van der Waals surface area contributed by atoms with Gasteiger partial charge in [-0.05, 0) is 36.5 Å². The van der Waals surface area contributed by atoms with Crippen LogP contribution in [0.15, 0.2) is 60.2 Å². The number of benzene rings is 3. The van der Waals surface area contributed by atoms with Crippen LogP contribution in [0.2, 0.25) is 0 Å². The number of carbonyl (C=O) groups excluding carboxylic acids is 4. The van der Waals surface area contributed by atoms with Gasteiger partial charge < -0.3 is 9.84 Å². The molecule has 7 rings (SSSR count). The number of phenolic OH excluding ortho intramolecular Hbond substituents is 1. The number of alkyl halides is 2. The van der Waals surface area contributed by atoms with Crippen molar-refractivity contribution in [3.8, 4) is 11.5 Å². The predicted molar refractivity (Wildman–Crippen MR) is 163 cm³/mol. The average molecular weight is 721 g/mol. The summed E-state index contributed by atoms with van der Waals surface area (Å²) in [5.41, 5.74) is -1.24. The van der Waals surface area contributed by atoms with Crippen molar-refractivity contribution < 1.29 is 51.0 Å². The number of ether oxygens (including phenoxy) is 1. The van der Waals surface area contributed by atoms with Crippen molar-refractivity contribution in [1.82, 2.24) is 4.90 Å². The molecule has 49 heavy (non-hydrogen) atoms. The molecule has 0 bridgehead atoms. The second kappa shape index (κ2) is 11.3. The van der Waals surface area contributed by atoms with Gasteiger partial charge in [0.2, 0.25) is 17.6 Å². The van der Waals surface area contributed by atoms with Gasteiger partial charge in [0.1, 0.15) is 17.2 Å². The number of fused-ring (bicyclic) bond motifs is 4. The number of likely N-dealkylation sites (tertiary alicyclic amines) is 1. The molecule has 3 aromatic rings. The summed E-state index contributed by atoms with van der Waals surface area (Å²) >= 11 is 14.2. The summed E-state index contributed by atoms with van der Waals surface area (Å²) in [6.07, 6.45) is 0.843. The zero-order valence-electron chi connectivity index (χ0n) is 25.2. The Hall–Kier alpha value is -4.49. The largest absolute Gasteiger partial charge is 0.508 e. The van der Waals surface area contributed by atoms with Gasteiger partial charge in [-0.1, -0.05) is 48.0 Å². The van der Waals surface area contributed by atoms with E-state index in [0.717, 1.165) is 4.90 Å². The molecule has 6 atom stereocenters. The Bertz CT molecular complexity index is 2000. The Morgan fingerprint density at radius 2 is 1.47 bits per heavy atom. The van der Waals surface area contributed by atoms with Crippen LogP contribution in [-0.4, -0.2) is 50.5 Å². The minimum atomic E-state index is -2.79. The van der Waals surface area contributed by atoms with Crippen molar-refractivity contribution in [1.29, 1.82) is 0 Å². The van der Waals surface area contributed by atoms with Crippen LogP contribution in [0.4, 0.5) is 27.6 Å². The van der Waals surface area contributed by atoms with Crippen molar-refractivity contribution in [3.05, 3.63) is 100 Å². The van der Waals surface area contributed by atoms with E-state index in [1.54, 1.807) is 36.4 Å². The molecule has 1 saturated carbocycles. The first kappa shape index (κ1) is 33.0. The van der Waals surface area contributed by atoms with Gasteiger partial charge in [0.15, 0.2) is 33.0 Å². The molecule has 1 N–H and O–H groups in total. The number of rotatable bonds is 5. The smallest absolute Gasteiger partial charge is 0.258 e. The molecule has 254 valence electrons. The molecule has 15 heteroatoms. The van der Waals surface area contributed by atoms with Crippen LogP contribution in [0.5, 0.6) is 11.5 Å². The number of imide groups is 2. The first-order chi connectivity index (χ1) is 23.2. The van der Waals surface area contributed by atoms with Crippen molar-refractivity contribution in [2.24, 2.45) is 17.8 Å². The minimum absolute atomic E-state index is 0.0372. The lowest BCUT2D eigenvalue weighted by Gasteiger charge is -2.50. The van der Waals surface area contributed by atoms with Crippen LogP contribution >= 0.6 is 23.2 Å². The lowest BCUT2D eigenvalue weighted by molar-refractivity contribution is -0.141. The highest BCUT2D eigenvalue weighted by atomic mass is 35.5. The molecule has 2 heterocycles. The third-order valence-electron chi connectivity index (χ3n) is 10.0. The van der Waals surface area contributed by atoms with Crippen molar-refractivity contribution in [3.63, 3.8) is 0 Å². The Balaban J connectivity index is 1.43. The zero-order chi connectivity index (χ0) is 35.3. The SMILES string of the molecule is COc1cccc(O)c1C1C2=CCC3C(=O)N(Cc4ccccc4)C(=O)C3C2CC2(Cl)C(=O)N(c3c(F)c(F)c(F)c(F)c3F)C(=O)C12Cl. The summed E-state index contributed by atoms with van der Waals surface area (Å²) in [6, 6.07) is 12.6. The zero-order valence-corrected chi connectivity index (χ0v) is 26.7. The summed E-state index contributed by atoms with van der Waals surface area (Å²) in [6.45, 7) is -0.0683. The number of aromatic hydroxyl groups is 1. The van der Waals surface area contributed by atoms with Crippen LogP contribution in [0, 0.1) is 46.8 Å². The summed E-state index contributed by atoms with van der Waals surface area (Å²) in [4.78, 5) is 51.7. The van der Waals surface area contributed by atoms with E-state index in [-0.39, 0.29) is 34.8 Å². The van der Waals surface area contributed by atoms with Gasteiger partial charge in [-0.15, -0.1) is 23.2 Å². The molecule has 2 aliphatic heterocycles. The summed E-state index contributed by atoms with van der Waals surface area (Å²) in [5, 5.41) is 11.2. The second-order valence-corrected chi connectivity index (χ2v) is 13.6. The van der Waals surface area contributed by atoms with E-state index in [0.29, 0.717) is 5.56 Å². The van der Waals surface area contributed by atoms with Crippen LogP contribution in [0.25, 0.3) is 0 Å². The van der Waals surface area contributed by atoms with Gasteiger partial charge in [-0.3, -0.25) is 24.1 Å². The third-order valence-corrected chi connectivity index (χ3v) is 11.5. The number of allylic oxidation sites excluding steroid dienone is 2. The Kier molecular flexibility index (Phi) is 7.60. The Morgan fingerprint density at radius 3 is 2.10 bits per heavy atom. The van der Waals surface area contributed by atoms with Crippen LogP contribution in [0.3, 0.4) is 0 Å². The van der Waals surface area contributed by atoms with Crippen LogP contribution in [0.1, 0.15) is 29.9 Å². The highest BCUT2D eigenvalue weighted by molar-refractivity contribution is 6.58. The number of phenols is 1. The van der Waals surface area contributed by atoms with Gasteiger partial charge in [-0.2, -0.15) is 0 Å². The fourth-order valence-corrected chi connectivity index (χ4v) is 8.79. The molecule has 4 amide bonds. The highest BCUT2D eigenvalue weighted by Crippen LogP contribution is 2.67. The normalized spacial score (nSPS) is 29.2. The maximum absolute atomic E-state index is 15.2. The van der Waals surface area contributed by atoms with E-state index in [9.17, 15) is 37.5 Å². The quantitative estimate of drug-likeness (QED) is 0.0885. The van der Waals surface area contributed by atoms with Gasteiger partial charge in [-0.25, -0.2) is 26.9 Å². The van der Waals surface area contributed by atoms with Crippen molar-refractivity contribution >= 4 is 52.5 Å². The number of amides is 4. The highest BCUT2D eigenvalue weighted by Gasteiger charge is 2.77. The topological polar surface area (TPSA) is 104 Å². The molecular formula is C34H23Cl2F5N2O6. The fourth-order valence-electron chi connectivity index (χ4n) is 7.87. The molecular weight excluding hydrogens is 698 g/mol. The first-order valence-corrected chi connectivity index (χ1v) is 15.7. The number of anilines is 1. The molecule has 0 spiro atoms. The molecule has 4 aliphatic rings. The van der Waals surface area contributed by atoms with Crippen molar-refractivity contribution in [2.75, 3.05) is 12.0 Å². The maximum atomic E-state index is 15.2. The predicted octanol–water partition coefficient (Wildman–Crippen LogP) is 5.86. The molecule has 2 saturated heterocycles. The monoisotopic (exact) mass is 720 g/mol. The van der Waals surface area contributed by atoms with Gasteiger partial charge in [0.05, 0.1) is 25.5 Å². The van der Waals surface area contributed by atoms with Crippen molar-refractivity contribution in [2.45, 2.75) is 35.1 Å². The molecule has 0 aromatic heterocycles. The van der Waals surface area contributed by atoms with Crippen LogP contribution in [-0.2, 0) is 25.7 Å². The average Bonchev–Trinajstić information content (AvgIpc) is 3.41. The number of methoxy groups -OCH3 is 1. The van der Waals surface area contributed by atoms with Gasteiger partial charge in [0.25, 0.3) is 11.8 Å². The van der Waals surface area contributed by atoms with E-state index < -0.39 is 104 Å². The van der Waals surface area contributed by atoms with E-state index >= 15 is 8.78 Å². The lowest BCUT2D eigenvalue weighted by atomic mass is 9.56. The lowest BCUT2D eigenvalue weighted by Crippen LogP contribution is -2.60. The van der Waals surface area contributed by atoms with E-state index in [1.165, 1.54) is 25.3 Å². The first-order valence-electron chi connectivity index (χ1n) is 14.9. The van der Waals surface area contributed by atoms with Crippen LogP contribution < -0.4 is 9.64 Å². The number of hydrogen-bond acceptors (Lipinski definition) is 6. The second-order valence-electron chi connectivity index (χ2n) is 12.3. The molecule has 3 aromatic carbocycles. The number of hydrogen-bond donors (Lipinski definition) is 1. The fraction of sp³-hybridized carbons (Fsp3) is 0.294. The molecule has 6 unspecified atom stereocenters. The Morgan fingerprint density at radius 1 is 0.837 bits per heavy atom. The molecule has 3 fully saturated rings. The molecule has 0 radical (unpaired) electrons. The third kappa shape index (κ3) is 4.27. The number of nitrogens with zero attached hydrogens (tertiary/aromatic N) is 2. The Labute approximate surface area is 284 Å².